The molecule has 0 saturated heterocycles. The van der Waals surface area contributed by atoms with Gasteiger partial charge in [-0.15, -0.1) is 0 Å². The fourth-order valence-corrected chi connectivity index (χ4v) is 4.24. The second-order valence-electron chi connectivity index (χ2n) is 8.63. The van der Waals surface area contributed by atoms with E-state index >= 15 is 0 Å². The van der Waals surface area contributed by atoms with Gasteiger partial charge in [0.05, 0.1) is 10.9 Å². The molecule has 0 saturated carbocycles. The number of nitrogens with one attached hydrogen (secondary N) is 2. The third kappa shape index (κ3) is 3.81. The van der Waals surface area contributed by atoms with Crippen LogP contribution in [-0.4, -0.2) is 54.1 Å². The lowest BCUT2D eigenvalue weighted by molar-refractivity contribution is 0.402. The highest BCUT2D eigenvalue weighted by atomic mass is 19.1. The van der Waals surface area contributed by atoms with Crippen molar-refractivity contribution in [3.8, 4) is 33.9 Å². The molecule has 0 bridgehead atoms. The van der Waals surface area contributed by atoms with Crippen molar-refractivity contribution in [3.05, 3.63) is 78.6 Å². The van der Waals surface area contributed by atoms with E-state index in [-0.39, 0.29) is 5.82 Å². The maximum Gasteiger partial charge on any atom is 0.159 e. The van der Waals surface area contributed by atoms with Crippen molar-refractivity contribution in [3.63, 3.8) is 0 Å². The summed E-state index contributed by atoms with van der Waals surface area (Å²) >= 11 is 0. The zero-order valence-electron chi connectivity index (χ0n) is 19.1. The number of halogens is 1. The van der Waals surface area contributed by atoms with Crippen LogP contribution in [0.1, 0.15) is 5.56 Å². The molecular weight excluding hydrogens is 443 g/mol. The quantitative estimate of drug-likeness (QED) is 0.379. The lowest BCUT2D eigenvalue weighted by atomic mass is 10.1. The monoisotopic (exact) mass is 464 g/mol. The van der Waals surface area contributed by atoms with Gasteiger partial charge < -0.3 is 9.88 Å². The van der Waals surface area contributed by atoms with Gasteiger partial charge in [-0.2, -0.15) is 5.10 Å². The Kier molecular flexibility index (Phi) is 5.04. The summed E-state index contributed by atoms with van der Waals surface area (Å²) in [6.45, 7) is 0.796. The van der Waals surface area contributed by atoms with Gasteiger partial charge in [0.15, 0.2) is 11.5 Å². The molecule has 0 radical (unpaired) electrons. The predicted octanol–water partition coefficient (Wildman–Crippen LogP) is 4.83. The summed E-state index contributed by atoms with van der Waals surface area (Å²) in [7, 11) is 4.05. The number of fused-ring (bicyclic) bond motifs is 2. The molecular formula is C26H21FN8. The molecule has 6 aromatic rings. The van der Waals surface area contributed by atoms with E-state index in [0.717, 1.165) is 34.1 Å². The van der Waals surface area contributed by atoms with Gasteiger partial charge in [0.2, 0.25) is 0 Å². The second kappa shape index (κ2) is 8.37. The number of hydrogen-bond acceptors (Lipinski definition) is 6. The van der Waals surface area contributed by atoms with Crippen molar-refractivity contribution >= 4 is 22.1 Å². The summed E-state index contributed by atoms with van der Waals surface area (Å²) in [4.78, 5) is 23.5. The molecule has 5 aromatic heterocycles. The second-order valence-corrected chi connectivity index (χ2v) is 8.63. The Morgan fingerprint density at radius 3 is 2.66 bits per heavy atom. The van der Waals surface area contributed by atoms with Crippen molar-refractivity contribution in [2.45, 2.75) is 6.54 Å². The minimum atomic E-state index is -0.346. The third-order valence-electron chi connectivity index (χ3n) is 5.80. The normalized spacial score (nSPS) is 11.7. The van der Waals surface area contributed by atoms with E-state index in [1.54, 1.807) is 30.6 Å². The van der Waals surface area contributed by atoms with Gasteiger partial charge in [0.25, 0.3) is 0 Å². The van der Waals surface area contributed by atoms with Gasteiger partial charge in [0.1, 0.15) is 22.7 Å². The number of H-pyrrole nitrogens is 2. The number of aromatic nitrogens is 7. The maximum absolute atomic E-state index is 14.5. The number of pyridine rings is 3. The van der Waals surface area contributed by atoms with Crippen LogP contribution >= 0.6 is 0 Å². The number of hydrogen-bond donors (Lipinski definition) is 2. The molecule has 9 heteroatoms. The molecule has 35 heavy (non-hydrogen) atoms. The van der Waals surface area contributed by atoms with Crippen LogP contribution in [0, 0.1) is 5.82 Å². The van der Waals surface area contributed by atoms with Crippen LogP contribution in [0.5, 0.6) is 0 Å². The first-order valence-electron chi connectivity index (χ1n) is 11.1. The Morgan fingerprint density at radius 2 is 1.80 bits per heavy atom. The van der Waals surface area contributed by atoms with Crippen LogP contribution in [0.3, 0.4) is 0 Å². The minimum absolute atomic E-state index is 0.346. The number of nitrogens with zero attached hydrogens (tertiary/aromatic N) is 6. The first-order valence-corrected chi connectivity index (χ1v) is 11.1. The summed E-state index contributed by atoms with van der Waals surface area (Å²) in [5, 5.41) is 8.28. The number of benzene rings is 1. The summed E-state index contributed by atoms with van der Waals surface area (Å²) in [5.74, 6) is 0.205. The molecule has 2 N–H and O–H groups in total. The molecule has 0 aliphatic rings. The third-order valence-corrected chi connectivity index (χ3v) is 5.80. The highest BCUT2D eigenvalue weighted by Gasteiger charge is 2.18. The van der Waals surface area contributed by atoms with Crippen molar-refractivity contribution in [1.29, 1.82) is 0 Å². The molecule has 0 amide bonds. The fourth-order valence-electron chi connectivity index (χ4n) is 4.24. The van der Waals surface area contributed by atoms with E-state index in [2.05, 4.69) is 41.1 Å². The largest absolute Gasteiger partial charge is 0.336 e. The number of aromatic amines is 2. The van der Waals surface area contributed by atoms with E-state index in [1.165, 1.54) is 6.07 Å². The molecule has 8 nitrogen and oxygen atoms in total. The van der Waals surface area contributed by atoms with Gasteiger partial charge in [-0.25, -0.2) is 14.4 Å². The highest BCUT2D eigenvalue weighted by Crippen LogP contribution is 2.32. The summed E-state index contributed by atoms with van der Waals surface area (Å²) < 4.78 is 14.5. The minimum Gasteiger partial charge on any atom is -0.336 e. The zero-order valence-corrected chi connectivity index (χ0v) is 19.1. The molecule has 0 atom stereocenters. The molecule has 172 valence electrons. The van der Waals surface area contributed by atoms with Crippen LogP contribution in [0.25, 0.3) is 56.0 Å². The Hall–Kier alpha value is -4.50. The average Bonchev–Trinajstić information content (AvgIpc) is 3.47. The van der Waals surface area contributed by atoms with Gasteiger partial charge in [0, 0.05) is 48.0 Å². The smallest absolute Gasteiger partial charge is 0.159 e. The lowest BCUT2D eigenvalue weighted by Gasteiger charge is -2.10. The Balaban J connectivity index is 1.46. The summed E-state index contributed by atoms with van der Waals surface area (Å²) in [6.07, 6.45) is 7.14. The Labute approximate surface area is 199 Å². The van der Waals surface area contributed by atoms with E-state index in [9.17, 15) is 4.39 Å². The molecule has 0 fully saturated rings. The molecule has 0 unspecified atom stereocenters. The van der Waals surface area contributed by atoms with E-state index in [1.807, 2.05) is 38.6 Å². The first kappa shape index (κ1) is 21.1. The van der Waals surface area contributed by atoms with Gasteiger partial charge in [-0.1, -0.05) is 12.1 Å². The van der Waals surface area contributed by atoms with Crippen molar-refractivity contribution in [2.75, 3.05) is 14.1 Å². The van der Waals surface area contributed by atoms with Crippen LogP contribution in [-0.2, 0) is 6.54 Å². The van der Waals surface area contributed by atoms with E-state index < -0.39 is 0 Å². The van der Waals surface area contributed by atoms with Crippen LogP contribution < -0.4 is 0 Å². The molecule has 1 aromatic carbocycles. The lowest BCUT2D eigenvalue weighted by Crippen LogP contribution is -2.10. The average molecular weight is 465 g/mol. The predicted molar refractivity (Wildman–Crippen MR) is 133 cm³/mol. The van der Waals surface area contributed by atoms with Crippen LogP contribution in [0.2, 0.25) is 0 Å². The van der Waals surface area contributed by atoms with Gasteiger partial charge >= 0.3 is 0 Å². The van der Waals surface area contributed by atoms with Crippen molar-refractivity contribution in [2.24, 2.45) is 0 Å². The fraction of sp³-hybridized carbons (Fsp3) is 0.115. The topological polar surface area (TPSA) is 99.3 Å². The molecule has 5 heterocycles. The number of rotatable bonds is 5. The standard InChI is InChI=1S/C26H21FN8/c1-35(2)14-15-9-16(12-28-11-15)17-10-19-23(33-34-25(19)30-13-17)26-31-21-7-8-29-22(24(21)32-26)18-5-3-4-6-20(18)27/h3-13H,14H2,1-2H3,(H,31,32)(H,30,33,34). The zero-order chi connectivity index (χ0) is 23.9. The van der Waals surface area contributed by atoms with E-state index in [0.29, 0.717) is 33.9 Å². The first-order chi connectivity index (χ1) is 17.1. The summed E-state index contributed by atoms with van der Waals surface area (Å²) in [5.41, 5.74) is 6.49. The Bertz CT molecular complexity index is 1680. The van der Waals surface area contributed by atoms with E-state index in [4.69, 9.17) is 4.98 Å². The molecule has 0 aliphatic heterocycles. The molecule has 0 aliphatic carbocycles. The molecule has 0 spiro atoms. The molecule has 6 rings (SSSR count). The maximum atomic E-state index is 14.5. The SMILES string of the molecule is CN(C)Cc1cncc(-c2cnc3[nH]nc(-c4nc5c(-c6ccccc6F)nccc5[nH]4)c3c2)c1. The van der Waals surface area contributed by atoms with Crippen LogP contribution in [0.15, 0.2) is 67.3 Å². The van der Waals surface area contributed by atoms with Gasteiger partial charge in [-0.3, -0.25) is 15.1 Å². The van der Waals surface area contributed by atoms with Crippen LogP contribution in [0.4, 0.5) is 4.39 Å². The van der Waals surface area contributed by atoms with Crippen molar-refractivity contribution < 1.29 is 4.39 Å². The highest BCUT2D eigenvalue weighted by molar-refractivity contribution is 5.96. The van der Waals surface area contributed by atoms with Crippen molar-refractivity contribution in [1.82, 2.24) is 40.0 Å². The summed E-state index contributed by atoms with van der Waals surface area (Å²) in [6, 6.07) is 12.5. The Morgan fingerprint density at radius 1 is 0.943 bits per heavy atom. The van der Waals surface area contributed by atoms with Gasteiger partial charge in [-0.05, 0) is 50.0 Å². The number of imidazole rings is 1.